The summed E-state index contributed by atoms with van der Waals surface area (Å²) in [5.41, 5.74) is 4.88. The second kappa shape index (κ2) is 4.69. The Kier molecular flexibility index (Phi) is 3.55. The largest absolute Gasteiger partial charge is 0.453 e. The maximum atomic E-state index is 11.1. The van der Waals surface area contributed by atoms with E-state index in [9.17, 15) is 9.59 Å². The van der Waals surface area contributed by atoms with Gasteiger partial charge in [-0.05, 0) is 0 Å². The second-order valence-corrected chi connectivity index (χ2v) is 3.09. The monoisotopic (exact) mass is 202 g/mol. The molecule has 6 heteroatoms. The number of primary amides is 1. The fourth-order valence-corrected chi connectivity index (χ4v) is 1.45. The molecule has 0 aromatic heterocycles. The molecule has 0 unspecified atom stereocenters. The van der Waals surface area contributed by atoms with E-state index >= 15 is 0 Å². The van der Waals surface area contributed by atoms with Crippen molar-refractivity contribution in [2.24, 2.45) is 5.73 Å². The highest BCUT2D eigenvalue weighted by Gasteiger charge is 2.24. The number of likely N-dealkylation sites (tertiary alicyclic amines) is 1. The summed E-state index contributed by atoms with van der Waals surface area (Å²) in [6.07, 6.45) is -0.0618. The molecule has 0 atom stereocenters. The van der Waals surface area contributed by atoms with Gasteiger partial charge in [0.25, 0.3) is 0 Å². The molecule has 2 N–H and O–H groups in total. The SMILES string of the molecule is COC(=O)N1CCC(OC(N)=O)CC1. The molecule has 1 heterocycles. The molecule has 0 radical (unpaired) electrons. The Morgan fingerprint density at radius 2 is 1.93 bits per heavy atom. The maximum absolute atomic E-state index is 11.1. The molecule has 0 spiro atoms. The molecule has 1 saturated heterocycles. The highest BCUT2D eigenvalue weighted by molar-refractivity contribution is 5.67. The predicted octanol–water partition coefficient (Wildman–Crippen LogP) is 0.313. The standard InChI is InChI=1S/C8H14N2O4/c1-13-8(12)10-4-2-6(3-5-10)14-7(9)11/h6H,2-5H2,1H3,(H2,9,11). The van der Waals surface area contributed by atoms with Gasteiger partial charge in [0.2, 0.25) is 0 Å². The Morgan fingerprint density at radius 3 is 2.36 bits per heavy atom. The first-order chi connectivity index (χ1) is 6.63. The second-order valence-electron chi connectivity index (χ2n) is 3.09. The summed E-state index contributed by atoms with van der Waals surface area (Å²) in [4.78, 5) is 23.1. The van der Waals surface area contributed by atoms with Crippen LogP contribution in [-0.2, 0) is 9.47 Å². The van der Waals surface area contributed by atoms with E-state index in [2.05, 4.69) is 4.74 Å². The van der Waals surface area contributed by atoms with Gasteiger partial charge in [0.05, 0.1) is 7.11 Å². The molecule has 0 saturated carbocycles. The van der Waals surface area contributed by atoms with E-state index in [0.717, 1.165) is 0 Å². The average Bonchev–Trinajstić information content (AvgIpc) is 2.17. The van der Waals surface area contributed by atoms with Gasteiger partial charge in [-0.25, -0.2) is 9.59 Å². The van der Waals surface area contributed by atoms with Crippen LogP contribution in [0, 0.1) is 0 Å². The number of piperidine rings is 1. The van der Waals surface area contributed by atoms with Crippen LogP contribution >= 0.6 is 0 Å². The summed E-state index contributed by atoms with van der Waals surface area (Å²) in [6.45, 7) is 1.06. The molecule has 80 valence electrons. The quantitative estimate of drug-likeness (QED) is 0.663. The predicted molar refractivity (Wildman–Crippen MR) is 47.7 cm³/mol. The summed E-state index contributed by atoms with van der Waals surface area (Å²) in [5, 5.41) is 0. The molecule has 0 aromatic rings. The van der Waals surface area contributed by atoms with Crippen LogP contribution < -0.4 is 5.73 Å². The Bertz CT molecular complexity index is 223. The van der Waals surface area contributed by atoms with Crippen molar-refractivity contribution in [1.29, 1.82) is 0 Å². The Morgan fingerprint density at radius 1 is 1.36 bits per heavy atom. The molecule has 1 rings (SSSR count). The van der Waals surface area contributed by atoms with E-state index < -0.39 is 6.09 Å². The Balaban J connectivity index is 2.31. The van der Waals surface area contributed by atoms with Crippen LogP contribution in [0.25, 0.3) is 0 Å². The molecular formula is C8H14N2O4. The molecular weight excluding hydrogens is 188 g/mol. The van der Waals surface area contributed by atoms with Crippen LogP contribution in [0.1, 0.15) is 12.8 Å². The van der Waals surface area contributed by atoms with Crippen LogP contribution in [0.3, 0.4) is 0 Å². The molecule has 1 aliphatic heterocycles. The number of carbonyl (C=O) groups is 2. The normalized spacial score (nSPS) is 17.6. The summed E-state index contributed by atoms with van der Waals surface area (Å²) in [7, 11) is 1.34. The average molecular weight is 202 g/mol. The minimum absolute atomic E-state index is 0.173. The van der Waals surface area contributed by atoms with Gasteiger partial charge in [-0.3, -0.25) is 0 Å². The molecule has 14 heavy (non-hydrogen) atoms. The first-order valence-corrected chi connectivity index (χ1v) is 4.42. The third-order valence-electron chi connectivity index (χ3n) is 2.16. The lowest BCUT2D eigenvalue weighted by atomic mass is 10.1. The number of amides is 2. The third kappa shape index (κ3) is 2.79. The minimum Gasteiger partial charge on any atom is -0.453 e. The van der Waals surface area contributed by atoms with Crippen molar-refractivity contribution in [1.82, 2.24) is 4.90 Å². The third-order valence-corrected chi connectivity index (χ3v) is 2.16. The smallest absolute Gasteiger partial charge is 0.409 e. The summed E-state index contributed by atoms with van der Waals surface area (Å²) in [5.74, 6) is 0. The minimum atomic E-state index is -0.762. The van der Waals surface area contributed by atoms with E-state index in [0.29, 0.717) is 25.9 Å². The Hall–Kier alpha value is -1.46. The number of ether oxygens (including phenoxy) is 2. The van der Waals surface area contributed by atoms with Gasteiger partial charge in [0, 0.05) is 25.9 Å². The van der Waals surface area contributed by atoms with Gasteiger partial charge < -0.3 is 20.1 Å². The molecule has 2 amide bonds. The van der Waals surface area contributed by atoms with Crippen molar-refractivity contribution < 1.29 is 19.1 Å². The molecule has 0 aromatic carbocycles. The number of carbonyl (C=O) groups excluding carboxylic acids is 2. The fourth-order valence-electron chi connectivity index (χ4n) is 1.45. The van der Waals surface area contributed by atoms with Crippen LogP contribution in [-0.4, -0.2) is 43.4 Å². The van der Waals surface area contributed by atoms with E-state index in [-0.39, 0.29) is 12.2 Å². The summed E-state index contributed by atoms with van der Waals surface area (Å²) >= 11 is 0. The Labute approximate surface area is 81.9 Å². The molecule has 0 bridgehead atoms. The number of rotatable bonds is 1. The van der Waals surface area contributed by atoms with Crippen LogP contribution in [0.4, 0.5) is 9.59 Å². The zero-order chi connectivity index (χ0) is 10.6. The van der Waals surface area contributed by atoms with Gasteiger partial charge >= 0.3 is 12.2 Å². The molecule has 1 fully saturated rings. The van der Waals surface area contributed by atoms with Gasteiger partial charge in [-0.2, -0.15) is 0 Å². The van der Waals surface area contributed by atoms with Crippen LogP contribution in [0.5, 0.6) is 0 Å². The summed E-state index contributed by atoms with van der Waals surface area (Å²) in [6, 6.07) is 0. The zero-order valence-corrected chi connectivity index (χ0v) is 8.06. The van der Waals surface area contributed by atoms with E-state index in [4.69, 9.17) is 10.5 Å². The van der Waals surface area contributed by atoms with Gasteiger partial charge in [0.15, 0.2) is 0 Å². The number of hydrogen-bond acceptors (Lipinski definition) is 4. The first kappa shape index (κ1) is 10.6. The molecule has 1 aliphatic rings. The lowest BCUT2D eigenvalue weighted by molar-refractivity contribution is 0.0514. The van der Waals surface area contributed by atoms with E-state index in [1.54, 1.807) is 4.90 Å². The maximum Gasteiger partial charge on any atom is 0.409 e. The van der Waals surface area contributed by atoms with Crippen molar-refractivity contribution in [2.45, 2.75) is 18.9 Å². The number of hydrogen-bond donors (Lipinski definition) is 1. The van der Waals surface area contributed by atoms with Crippen molar-refractivity contribution in [3.8, 4) is 0 Å². The highest BCUT2D eigenvalue weighted by Crippen LogP contribution is 2.13. The zero-order valence-electron chi connectivity index (χ0n) is 8.06. The van der Waals surface area contributed by atoms with Gasteiger partial charge in [-0.15, -0.1) is 0 Å². The van der Waals surface area contributed by atoms with Crippen molar-refractivity contribution in [2.75, 3.05) is 20.2 Å². The van der Waals surface area contributed by atoms with Gasteiger partial charge in [0.1, 0.15) is 6.10 Å². The van der Waals surface area contributed by atoms with Crippen molar-refractivity contribution in [3.63, 3.8) is 0 Å². The van der Waals surface area contributed by atoms with Gasteiger partial charge in [-0.1, -0.05) is 0 Å². The van der Waals surface area contributed by atoms with Crippen LogP contribution in [0.15, 0.2) is 0 Å². The lowest BCUT2D eigenvalue weighted by Crippen LogP contribution is -2.41. The number of methoxy groups -OCH3 is 1. The van der Waals surface area contributed by atoms with E-state index in [1.807, 2.05) is 0 Å². The number of nitrogens with zero attached hydrogens (tertiary/aromatic N) is 1. The lowest BCUT2D eigenvalue weighted by Gasteiger charge is -2.30. The first-order valence-electron chi connectivity index (χ1n) is 4.42. The fraction of sp³-hybridized carbons (Fsp3) is 0.750. The summed E-state index contributed by atoms with van der Waals surface area (Å²) < 4.78 is 9.37. The molecule has 0 aliphatic carbocycles. The van der Waals surface area contributed by atoms with Crippen molar-refractivity contribution >= 4 is 12.2 Å². The topological polar surface area (TPSA) is 81.9 Å². The van der Waals surface area contributed by atoms with E-state index in [1.165, 1.54) is 7.11 Å². The molecule has 6 nitrogen and oxygen atoms in total. The van der Waals surface area contributed by atoms with Crippen molar-refractivity contribution in [3.05, 3.63) is 0 Å². The number of nitrogens with two attached hydrogens (primary N) is 1. The highest BCUT2D eigenvalue weighted by atomic mass is 16.6. The van der Waals surface area contributed by atoms with Crippen LogP contribution in [0.2, 0.25) is 0 Å².